The number of hydrogen-bond donors (Lipinski definition) is 1. The van der Waals surface area contributed by atoms with E-state index < -0.39 is 17.7 Å². The monoisotopic (exact) mass is 434 g/mol. The number of esters is 1. The first kappa shape index (κ1) is 22.1. The van der Waals surface area contributed by atoms with Gasteiger partial charge < -0.3 is 9.47 Å². The Morgan fingerprint density at radius 1 is 1.10 bits per heavy atom. The number of rotatable bonds is 5. The fourth-order valence-electron chi connectivity index (χ4n) is 2.81. The van der Waals surface area contributed by atoms with Crippen molar-refractivity contribution in [3.63, 3.8) is 0 Å². The lowest BCUT2D eigenvalue weighted by molar-refractivity contribution is 0.0475. The molecule has 7 heteroatoms. The van der Waals surface area contributed by atoms with Crippen LogP contribution in [0.4, 0.5) is 9.80 Å². The number of carbonyl (C=O) groups excluding carboxylic acids is 2. The Bertz CT molecular complexity index is 1120. The highest BCUT2D eigenvalue weighted by Gasteiger charge is 2.25. The highest BCUT2D eigenvalue weighted by molar-refractivity contribution is 7.15. The third kappa shape index (κ3) is 5.93. The van der Waals surface area contributed by atoms with Crippen molar-refractivity contribution >= 4 is 28.4 Å². The molecule has 0 aliphatic carbocycles. The second-order valence-corrected chi connectivity index (χ2v) is 8.61. The van der Waals surface area contributed by atoms with Gasteiger partial charge in [-0.15, -0.1) is 11.3 Å². The molecule has 1 aromatic heterocycles. The van der Waals surface area contributed by atoms with Crippen LogP contribution in [0, 0.1) is 11.3 Å². The van der Waals surface area contributed by atoms with Crippen molar-refractivity contribution in [1.82, 2.24) is 0 Å². The van der Waals surface area contributed by atoms with Crippen LogP contribution in [0.15, 0.2) is 60.0 Å². The Kier molecular flexibility index (Phi) is 6.73. The molecule has 158 valence electrons. The van der Waals surface area contributed by atoms with Crippen LogP contribution >= 0.6 is 11.3 Å². The molecule has 0 bridgehead atoms. The first-order valence-corrected chi connectivity index (χ1v) is 10.5. The molecule has 0 aliphatic rings. The third-order valence-corrected chi connectivity index (χ3v) is 5.02. The molecule has 1 amide bonds. The Labute approximate surface area is 185 Å². The Hall–Kier alpha value is -3.63. The summed E-state index contributed by atoms with van der Waals surface area (Å²) in [7, 11) is 0. The zero-order chi connectivity index (χ0) is 22.4. The van der Waals surface area contributed by atoms with Gasteiger partial charge in [-0.2, -0.15) is 5.26 Å². The largest absolute Gasteiger partial charge is 0.457 e. The average molecular weight is 435 g/mol. The molecular weight excluding hydrogens is 412 g/mol. The summed E-state index contributed by atoms with van der Waals surface area (Å²) in [6, 6.07) is 18.3. The standard InChI is InChI=1S/C24H22N2O4S/c1-24(2,3)30-23(28)26-21-20(22(27)29-14-16-8-5-4-6-9-16)19(15-31-21)18-11-7-10-17(12-18)13-25/h4-12,15H,14H2,1-3H3,(H,26,28). The molecule has 3 rings (SSSR count). The Balaban J connectivity index is 1.93. The second-order valence-electron chi connectivity index (χ2n) is 7.73. The number of carbonyl (C=O) groups is 2. The van der Waals surface area contributed by atoms with E-state index in [1.165, 1.54) is 11.3 Å². The summed E-state index contributed by atoms with van der Waals surface area (Å²) in [5.41, 5.74) is 2.11. The van der Waals surface area contributed by atoms with Crippen LogP contribution in [0.5, 0.6) is 0 Å². The zero-order valence-corrected chi connectivity index (χ0v) is 18.3. The van der Waals surface area contributed by atoms with Gasteiger partial charge in [0.15, 0.2) is 0 Å². The summed E-state index contributed by atoms with van der Waals surface area (Å²) >= 11 is 1.19. The summed E-state index contributed by atoms with van der Waals surface area (Å²) in [5, 5.41) is 13.9. The fourth-order valence-corrected chi connectivity index (χ4v) is 3.76. The molecule has 0 radical (unpaired) electrons. The molecule has 6 nitrogen and oxygen atoms in total. The molecular formula is C24H22N2O4S. The van der Waals surface area contributed by atoms with Crippen molar-refractivity contribution in [2.24, 2.45) is 0 Å². The lowest BCUT2D eigenvalue weighted by atomic mass is 10.0. The number of ether oxygens (including phenoxy) is 2. The smallest absolute Gasteiger partial charge is 0.412 e. The SMILES string of the molecule is CC(C)(C)OC(=O)Nc1scc(-c2cccc(C#N)c2)c1C(=O)OCc1ccccc1. The maximum Gasteiger partial charge on any atom is 0.412 e. The minimum atomic E-state index is -0.681. The summed E-state index contributed by atoms with van der Waals surface area (Å²) in [6.45, 7) is 5.37. The molecule has 3 aromatic rings. The number of anilines is 1. The topological polar surface area (TPSA) is 88.4 Å². The normalized spacial score (nSPS) is 10.8. The molecule has 1 N–H and O–H groups in total. The van der Waals surface area contributed by atoms with Crippen LogP contribution < -0.4 is 5.32 Å². The number of benzene rings is 2. The van der Waals surface area contributed by atoms with Crippen molar-refractivity contribution in [3.8, 4) is 17.2 Å². The van der Waals surface area contributed by atoms with Crippen LogP contribution in [-0.2, 0) is 16.1 Å². The van der Waals surface area contributed by atoms with E-state index in [9.17, 15) is 14.9 Å². The van der Waals surface area contributed by atoms with Crippen LogP contribution in [0.2, 0.25) is 0 Å². The molecule has 0 aliphatic heterocycles. The molecule has 2 aromatic carbocycles. The summed E-state index contributed by atoms with van der Waals surface area (Å²) in [4.78, 5) is 25.3. The second kappa shape index (κ2) is 9.45. The molecule has 1 heterocycles. The number of hydrogen-bond acceptors (Lipinski definition) is 6. The summed E-state index contributed by atoms with van der Waals surface area (Å²) < 4.78 is 10.8. The average Bonchev–Trinajstić information content (AvgIpc) is 3.15. The van der Waals surface area contributed by atoms with E-state index in [1.54, 1.807) is 50.4 Å². The maximum absolute atomic E-state index is 13.0. The highest BCUT2D eigenvalue weighted by Crippen LogP contribution is 2.37. The summed E-state index contributed by atoms with van der Waals surface area (Å²) in [5.74, 6) is -0.575. The molecule has 0 saturated heterocycles. The first-order valence-electron chi connectivity index (χ1n) is 9.60. The third-order valence-electron chi connectivity index (χ3n) is 4.13. The lowest BCUT2D eigenvalue weighted by Gasteiger charge is -2.19. The van der Waals surface area contributed by atoms with E-state index in [0.717, 1.165) is 5.56 Å². The van der Waals surface area contributed by atoms with Crippen molar-refractivity contribution in [2.75, 3.05) is 5.32 Å². The Morgan fingerprint density at radius 3 is 2.52 bits per heavy atom. The number of amides is 1. The van der Waals surface area contributed by atoms with Gasteiger partial charge in [0, 0.05) is 10.9 Å². The molecule has 0 spiro atoms. The highest BCUT2D eigenvalue weighted by atomic mass is 32.1. The van der Waals surface area contributed by atoms with E-state index in [2.05, 4.69) is 11.4 Å². The van der Waals surface area contributed by atoms with Crippen LogP contribution in [0.1, 0.15) is 42.3 Å². The van der Waals surface area contributed by atoms with Crippen molar-refractivity contribution in [1.29, 1.82) is 5.26 Å². The van der Waals surface area contributed by atoms with E-state index in [0.29, 0.717) is 21.7 Å². The van der Waals surface area contributed by atoms with Gasteiger partial charge in [-0.25, -0.2) is 9.59 Å². The van der Waals surface area contributed by atoms with Crippen molar-refractivity contribution in [3.05, 3.63) is 76.7 Å². The van der Waals surface area contributed by atoms with Gasteiger partial charge in [0.25, 0.3) is 0 Å². The van der Waals surface area contributed by atoms with Crippen LogP contribution in [-0.4, -0.2) is 17.7 Å². The van der Waals surface area contributed by atoms with Gasteiger partial charge in [-0.3, -0.25) is 5.32 Å². The number of nitrogens with one attached hydrogen (secondary N) is 1. The maximum atomic E-state index is 13.0. The predicted octanol–water partition coefficient (Wildman–Crippen LogP) is 5.99. The van der Waals surface area contributed by atoms with Gasteiger partial charge in [-0.1, -0.05) is 42.5 Å². The minimum absolute atomic E-state index is 0.0963. The molecule has 0 atom stereocenters. The summed E-state index contributed by atoms with van der Waals surface area (Å²) in [6.07, 6.45) is -0.663. The van der Waals surface area contributed by atoms with Gasteiger partial charge in [0.1, 0.15) is 22.8 Å². The van der Waals surface area contributed by atoms with E-state index in [-0.39, 0.29) is 12.2 Å². The minimum Gasteiger partial charge on any atom is -0.457 e. The zero-order valence-electron chi connectivity index (χ0n) is 17.5. The molecule has 0 saturated carbocycles. The van der Waals surface area contributed by atoms with Crippen LogP contribution in [0.3, 0.4) is 0 Å². The molecule has 31 heavy (non-hydrogen) atoms. The fraction of sp³-hybridized carbons (Fsp3) is 0.208. The van der Waals surface area contributed by atoms with E-state index in [4.69, 9.17) is 9.47 Å². The quantitative estimate of drug-likeness (QED) is 0.498. The van der Waals surface area contributed by atoms with E-state index >= 15 is 0 Å². The van der Waals surface area contributed by atoms with Crippen molar-refractivity contribution in [2.45, 2.75) is 33.0 Å². The first-order chi connectivity index (χ1) is 14.8. The van der Waals surface area contributed by atoms with Gasteiger partial charge in [0.05, 0.1) is 11.6 Å². The number of thiophene rings is 1. The van der Waals surface area contributed by atoms with Gasteiger partial charge in [-0.05, 0) is 44.0 Å². The molecule has 0 unspecified atom stereocenters. The Morgan fingerprint density at radius 2 is 1.84 bits per heavy atom. The number of nitriles is 1. The van der Waals surface area contributed by atoms with Crippen molar-refractivity contribution < 1.29 is 19.1 Å². The number of nitrogens with zero attached hydrogens (tertiary/aromatic N) is 1. The van der Waals surface area contributed by atoms with E-state index in [1.807, 2.05) is 30.3 Å². The van der Waals surface area contributed by atoms with Crippen LogP contribution in [0.25, 0.3) is 11.1 Å². The van der Waals surface area contributed by atoms with Gasteiger partial charge in [0.2, 0.25) is 0 Å². The molecule has 0 fully saturated rings. The predicted molar refractivity (Wildman–Crippen MR) is 120 cm³/mol. The lowest BCUT2D eigenvalue weighted by Crippen LogP contribution is -2.27. The van der Waals surface area contributed by atoms with Gasteiger partial charge >= 0.3 is 12.1 Å².